The number of rotatable bonds is 6. The molecule has 1 amide bonds. The lowest BCUT2D eigenvalue weighted by molar-refractivity contribution is -0.130. The topological polar surface area (TPSA) is 84.4 Å². The number of aryl methyl sites for hydroxylation is 1. The van der Waals surface area contributed by atoms with Gasteiger partial charge in [0.25, 0.3) is 5.56 Å². The van der Waals surface area contributed by atoms with E-state index in [9.17, 15) is 14.4 Å². The Morgan fingerprint density at radius 2 is 1.96 bits per heavy atom. The van der Waals surface area contributed by atoms with Gasteiger partial charge in [-0.05, 0) is 30.3 Å². The SMILES string of the molecule is COc1ccc(Br)cc1CN(C)C(=O)CCn1c(=O)[nH]c(=O)c2ccccc21. The molecular weight excluding hydrogens is 426 g/mol. The standard InChI is InChI=1S/C20H20BrN3O4/c1-23(12-13-11-14(21)7-8-17(13)28-2)18(25)9-10-24-16-6-4-3-5-15(16)19(26)22-20(24)27/h3-8,11H,9-10,12H2,1-2H3,(H,22,26,27). The van der Waals surface area contributed by atoms with Crippen LogP contribution in [0.5, 0.6) is 5.75 Å². The van der Waals surface area contributed by atoms with Crippen LogP contribution in [0.2, 0.25) is 0 Å². The van der Waals surface area contributed by atoms with E-state index in [1.165, 1.54) is 4.57 Å². The number of carbonyl (C=O) groups excluding carboxylic acids is 1. The van der Waals surface area contributed by atoms with Gasteiger partial charge in [-0.15, -0.1) is 0 Å². The van der Waals surface area contributed by atoms with Crippen LogP contribution < -0.4 is 16.0 Å². The van der Waals surface area contributed by atoms with E-state index in [0.29, 0.717) is 23.2 Å². The van der Waals surface area contributed by atoms with E-state index in [2.05, 4.69) is 20.9 Å². The van der Waals surface area contributed by atoms with Crippen molar-refractivity contribution in [2.24, 2.45) is 0 Å². The Hall–Kier alpha value is -2.87. The molecule has 0 aliphatic carbocycles. The smallest absolute Gasteiger partial charge is 0.328 e. The Morgan fingerprint density at radius 3 is 2.71 bits per heavy atom. The van der Waals surface area contributed by atoms with Gasteiger partial charge < -0.3 is 9.64 Å². The number of ether oxygens (including phenoxy) is 1. The molecule has 0 atom stereocenters. The predicted molar refractivity (Wildman–Crippen MR) is 111 cm³/mol. The number of hydrogen-bond donors (Lipinski definition) is 1. The van der Waals surface area contributed by atoms with E-state index in [1.807, 2.05) is 18.2 Å². The molecule has 0 saturated carbocycles. The van der Waals surface area contributed by atoms with Crippen molar-refractivity contribution in [2.75, 3.05) is 14.2 Å². The molecule has 0 radical (unpaired) electrons. The molecule has 0 aliphatic heterocycles. The number of para-hydroxylation sites is 1. The summed E-state index contributed by atoms with van der Waals surface area (Å²) in [6.45, 7) is 0.553. The third-order valence-electron chi connectivity index (χ3n) is 4.53. The van der Waals surface area contributed by atoms with Crippen LogP contribution >= 0.6 is 15.9 Å². The molecule has 0 fully saturated rings. The van der Waals surface area contributed by atoms with Crippen molar-refractivity contribution in [1.82, 2.24) is 14.5 Å². The molecule has 0 spiro atoms. The zero-order valence-electron chi connectivity index (χ0n) is 15.6. The Kier molecular flexibility index (Phi) is 5.99. The molecule has 8 heteroatoms. The third kappa shape index (κ3) is 4.17. The molecule has 0 saturated heterocycles. The number of fused-ring (bicyclic) bond motifs is 1. The van der Waals surface area contributed by atoms with Crippen LogP contribution in [0.1, 0.15) is 12.0 Å². The lowest BCUT2D eigenvalue weighted by Gasteiger charge is -2.19. The molecule has 7 nitrogen and oxygen atoms in total. The molecule has 3 aromatic rings. The molecule has 0 unspecified atom stereocenters. The largest absolute Gasteiger partial charge is 0.496 e. The second-order valence-corrected chi connectivity index (χ2v) is 7.30. The molecule has 2 aromatic carbocycles. The molecule has 3 rings (SSSR count). The number of H-pyrrole nitrogens is 1. The summed E-state index contributed by atoms with van der Waals surface area (Å²) in [4.78, 5) is 40.6. The zero-order chi connectivity index (χ0) is 20.3. The fourth-order valence-corrected chi connectivity index (χ4v) is 3.49. The van der Waals surface area contributed by atoms with Crippen molar-refractivity contribution in [1.29, 1.82) is 0 Å². The van der Waals surface area contributed by atoms with Gasteiger partial charge in [0.05, 0.1) is 18.0 Å². The average Bonchev–Trinajstić information content (AvgIpc) is 2.67. The first-order valence-corrected chi connectivity index (χ1v) is 9.48. The Labute approximate surface area is 169 Å². The summed E-state index contributed by atoms with van der Waals surface area (Å²) in [6, 6.07) is 12.5. The van der Waals surface area contributed by atoms with Crippen molar-refractivity contribution in [3.8, 4) is 5.75 Å². The summed E-state index contributed by atoms with van der Waals surface area (Å²) >= 11 is 3.42. The van der Waals surface area contributed by atoms with Gasteiger partial charge in [0.15, 0.2) is 0 Å². The molecule has 1 aromatic heterocycles. The number of amides is 1. The van der Waals surface area contributed by atoms with Crippen LogP contribution in [-0.4, -0.2) is 34.5 Å². The second-order valence-electron chi connectivity index (χ2n) is 6.38. The van der Waals surface area contributed by atoms with E-state index in [0.717, 1.165) is 10.0 Å². The van der Waals surface area contributed by atoms with Gasteiger partial charge in [-0.1, -0.05) is 28.1 Å². The van der Waals surface area contributed by atoms with Crippen LogP contribution in [0.3, 0.4) is 0 Å². The van der Waals surface area contributed by atoms with Gasteiger partial charge in [-0.3, -0.25) is 19.1 Å². The minimum absolute atomic E-state index is 0.121. The molecule has 28 heavy (non-hydrogen) atoms. The fourth-order valence-electron chi connectivity index (χ4n) is 3.08. The van der Waals surface area contributed by atoms with Crippen LogP contribution in [0.25, 0.3) is 10.9 Å². The quantitative estimate of drug-likeness (QED) is 0.631. The van der Waals surface area contributed by atoms with Crippen LogP contribution in [0.15, 0.2) is 56.5 Å². The highest BCUT2D eigenvalue weighted by Gasteiger charge is 2.14. The Bertz CT molecular complexity index is 1140. The molecule has 146 valence electrons. The maximum Gasteiger partial charge on any atom is 0.328 e. The van der Waals surface area contributed by atoms with Crippen molar-refractivity contribution in [2.45, 2.75) is 19.5 Å². The van der Waals surface area contributed by atoms with Gasteiger partial charge in [-0.25, -0.2) is 4.79 Å². The number of nitrogens with one attached hydrogen (secondary N) is 1. The highest BCUT2D eigenvalue weighted by molar-refractivity contribution is 9.10. The van der Waals surface area contributed by atoms with Crippen LogP contribution in [0.4, 0.5) is 0 Å². The summed E-state index contributed by atoms with van der Waals surface area (Å²) in [7, 11) is 3.29. The first-order chi connectivity index (χ1) is 13.4. The van der Waals surface area contributed by atoms with E-state index >= 15 is 0 Å². The minimum atomic E-state index is -0.521. The monoisotopic (exact) mass is 445 g/mol. The molecular formula is C20H20BrN3O4. The predicted octanol–water partition coefficient (Wildman–Crippen LogP) is 2.51. The number of halogens is 1. The first kappa shape index (κ1) is 19.9. The van der Waals surface area contributed by atoms with Gasteiger partial charge >= 0.3 is 5.69 Å². The van der Waals surface area contributed by atoms with Crippen molar-refractivity contribution in [3.63, 3.8) is 0 Å². The normalized spacial score (nSPS) is 10.8. The summed E-state index contributed by atoms with van der Waals surface area (Å²) in [5.74, 6) is 0.579. The molecule has 1 N–H and O–H groups in total. The fraction of sp³-hybridized carbons (Fsp3) is 0.250. The Morgan fingerprint density at radius 1 is 1.21 bits per heavy atom. The highest BCUT2D eigenvalue weighted by atomic mass is 79.9. The number of hydrogen-bond acceptors (Lipinski definition) is 4. The van der Waals surface area contributed by atoms with E-state index < -0.39 is 11.2 Å². The number of benzene rings is 2. The van der Waals surface area contributed by atoms with E-state index in [-0.39, 0.29) is 18.9 Å². The molecule has 0 bridgehead atoms. The third-order valence-corrected chi connectivity index (χ3v) is 5.02. The van der Waals surface area contributed by atoms with E-state index in [4.69, 9.17) is 4.74 Å². The van der Waals surface area contributed by atoms with Gasteiger partial charge in [0.2, 0.25) is 5.91 Å². The lowest BCUT2D eigenvalue weighted by Crippen LogP contribution is -2.33. The number of aromatic amines is 1. The first-order valence-electron chi connectivity index (χ1n) is 8.69. The zero-order valence-corrected chi connectivity index (χ0v) is 17.2. The average molecular weight is 446 g/mol. The van der Waals surface area contributed by atoms with E-state index in [1.54, 1.807) is 43.3 Å². The molecule has 0 aliphatic rings. The van der Waals surface area contributed by atoms with Crippen LogP contribution in [0, 0.1) is 0 Å². The van der Waals surface area contributed by atoms with Crippen molar-refractivity contribution in [3.05, 3.63) is 73.3 Å². The number of aromatic nitrogens is 2. The lowest BCUT2D eigenvalue weighted by atomic mass is 10.2. The van der Waals surface area contributed by atoms with Gasteiger partial charge in [0.1, 0.15) is 5.75 Å². The summed E-state index contributed by atoms with van der Waals surface area (Å²) in [5.41, 5.74) is 0.439. The number of nitrogens with zero attached hydrogens (tertiary/aromatic N) is 2. The maximum absolute atomic E-state index is 12.6. The van der Waals surface area contributed by atoms with Gasteiger partial charge in [-0.2, -0.15) is 0 Å². The minimum Gasteiger partial charge on any atom is -0.496 e. The molecule has 1 heterocycles. The summed E-state index contributed by atoms with van der Waals surface area (Å²) < 4.78 is 7.66. The number of carbonyl (C=O) groups is 1. The second kappa shape index (κ2) is 8.43. The van der Waals surface area contributed by atoms with Crippen LogP contribution in [-0.2, 0) is 17.9 Å². The Balaban J connectivity index is 1.76. The highest BCUT2D eigenvalue weighted by Crippen LogP contribution is 2.24. The maximum atomic E-state index is 12.6. The summed E-state index contributed by atoms with van der Waals surface area (Å²) in [6.07, 6.45) is 0.128. The number of methoxy groups -OCH3 is 1. The van der Waals surface area contributed by atoms with Gasteiger partial charge in [0, 0.05) is 36.6 Å². The summed E-state index contributed by atoms with van der Waals surface area (Å²) in [5, 5.41) is 0.418. The van der Waals surface area contributed by atoms with Crippen molar-refractivity contribution < 1.29 is 9.53 Å². The van der Waals surface area contributed by atoms with Crippen molar-refractivity contribution >= 4 is 32.7 Å².